The average Bonchev–Trinajstić information content (AvgIpc) is 4.28. The molecule has 386 valence electrons. The molecule has 21 nitrogen and oxygen atoms in total. The monoisotopic (exact) mass is 1010 g/mol. The first kappa shape index (κ1) is 50.1. The van der Waals surface area contributed by atoms with E-state index in [1.165, 1.54) is 7.05 Å². The average molecular weight is 1010 g/mol. The number of hydrogen-bond donors (Lipinski definition) is 3. The van der Waals surface area contributed by atoms with E-state index in [9.17, 15) is 37.8 Å². The highest BCUT2D eigenvalue weighted by atomic mass is 19.4. The Labute approximate surface area is 412 Å². The molecule has 3 N–H and O–H groups in total. The molecule has 5 heterocycles. The van der Waals surface area contributed by atoms with Crippen LogP contribution in [0.3, 0.4) is 0 Å². The molecule has 5 aromatic heterocycles. The number of hydrogen-bond acceptors (Lipinski definition) is 15. The third-order valence-corrected chi connectivity index (χ3v) is 13.8. The van der Waals surface area contributed by atoms with Gasteiger partial charge in [-0.15, -0.1) is 14.5 Å². The van der Waals surface area contributed by atoms with E-state index in [-0.39, 0.29) is 43.1 Å². The van der Waals surface area contributed by atoms with Gasteiger partial charge in [0.25, 0.3) is 5.95 Å². The molecular weight excluding hydrogens is 946 g/mol. The molecule has 1 amide bonds. The zero-order chi connectivity index (χ0) is 50.7. The van der Waals surface area contributed by atoms with E-state index in [4.69, 9.17) is 33.9 Å². The molecule has 0 bridgehead atoms. The number of carbonyl (C=O) groups excluding carboxylic acids is 1. The molecule has 4 aliphatic rings. The molecule has 0 radical (unpaired) electrons. The number of ether oxygens (including phenoxy) is 3. The van der Waals surface area contributed by atoms with Gasteiger partial charge >= 0.3 is 24.2 Å². The number of aryl methyl sites for hydroxylation is 4. The predicted octanol–water partition coefficient (Wildman–Crippen LogP) is 6.91. The van der Waals surface area contributed by atoms with Crippen molar-refractivity contribution < 1.29 is 61.2 Å². The second-order valence-corrected chi connectivity index (χ2v) is 19.4. The van der Waals surface area contributed by atoms with Crippen LogP contribution in [0.2, 0.25) is 0 Å². The number of carbonyl (C=O) groups is 3. The van der Waals surface area contributed by atoms with E-state index < -0.39 is 49.0 Å². The van der Waals surface area contributed by atoms with Crippen molar-refractivity contribution in [2.75, 3.05) is 18.9 Å². The zero-order valence-electron chi connectivity index (χ0n) is 40.5. The summed E-state index contributed by atoms with van der Waals surface area (Å²) in [5, 5.41) is 40.1. The summed E-state index contributed by atoms with van der Waals surface area (Å²) in [6, 6.07) is 7.37. The van der Waals surface area contributed by atoms with Crippen molar-refractivity contribution in [3.8, 4) is 34.3 Å². The molecule has 9 rings (SSSR count). The number of anilines is 1. The molecule has 0 aromatic carbocycles. The summed E-state index contributed by atoms with van der Waals surface area (Å²) in [5.74, 6) is -0.214. The maximum absolute atomic E-state index is 12.9. The lowest BCUT2D eigenvalue weighted by atomic mass is 9.87. The van der Waals surface area contributed by atoms with E-state index in [0.29, 0.717) is 90.9 Å². The molecule has 0 aliphatic heterocycles. The van der Waals surface area contributed by atoms with Crippen molar-refractivity contribution in [1.82, 2.24) is 49.9 Å². The van der Waals surface area contributed by atoms with E-state index in [2.05, 4.69) is 25.8 Å². The molecule has 4 atom stereocenters. The summed E-state index contributed by atoms with van der Waals surface area (Å²) in [5.41, 5.74) is 5.04. The van der Waals surface area contributed by atoms with Gasteiger partial charge < -0.3 is 39.2 Å². The highest BCUT2D eigenvalue weighted by molar-refractivity contribution is 5.70. The first-order valence-electron chi connectivity index (χ1n) is 24.7. The van der Waals surface area contributed by atoms with Crippen LogP contribution in [0.15, 0.2) is 28.8 Å². The Morgan fingerprint density at radius 3 is 2.04 bits per heavy atom. The summed E-state index contributed by atoms with van der Waals surface area (Å²) in [6.07, 6.45) is 2.84. The van der Waals surface area contributed by atoms with Gasteiger partial charge in [-0.1, -0.05) is 5.21 Å². The van der Waals surface area contributed by atoms with Gasteiger partial charge in [-0.05, 0) is 113 Å². The largest absolute Gasteiger partial charge is 0.488 e. The summed E-state index contributed by atoms with van der Waals surface area (Å²) in [7, 11) is 4.71. The Bertz CT molecular complexity index is 2750. The SMILES string of the molecule is CN(CCC(F)(F)F)C(=O)OCc1c(-c2ccc(O[C@H]3CCC[C@H](C(=O)O)C3)c(C3CC3)n2)[n+](CCCc2nc(NCc3c(-c4ccc(O[C@H]5CCC[C@H](C(=O)O)C5)c(C5CC5)n4)nnn3C)no2)nn1C. The lowest BCUT2D eigenvalue weighted by molar-refractivity contribution is -0.745. The van der Waals surface area contributed by atoms with Crippen LogP contribution < -0.4 is 19.5 Å². The summed E-state index contributed by atoms with van der Waals surface area (Å²) in [4.78, 5) is 51.9. The maximum atomic E-state index is 12.9. The lowest BCUT2D eigenvalue weighted by Crippen LogP contribution is -2.39. The molecule has 4 saturated carbocycles. The van der Waals surface area contributed by atoms with Gasteiger partial charge in [0, 0.05) is 38.9 Å². The predicted molar refractivity (Wildman–Crippen MR) is 246 cm³/mol. The van der Waals surface area contributed by atoms with Gasteiger partial charge in [-0.3, -0.25) is 9.59 Å². The number of aromatic nitrogens is 10. The number of carboxylic acid groups (broad SMARTS) is 2. The van der Waals surface area contributed by atoms with E-state index >= 15 is 0 Å². The molecule has 5 aromatic rings. The topological polar surface area (TPSA) is 252 Å². The minimum absolute atomic E-state index is 0.140. The van der Waals surface area contributed by atoms with E-state index in [1.807, 2.05) is 18.2 Å². The quantitative estimate of drug-likeness (QED) is 0.0632. The molecule has 0 unspecified atom stereocenters. The molecule has 0 spiro atoms. The fraction of sp³-hybridized carbons (Fsp3) is 0.604. The normalized spacial score (nSPS) is 20.2. The molecule has 4 aliphatic carbocycles. The molecule has 4 fully saturated rings. The van der Waals surface area contributed by atoms with Gasteiger partial charge in [-0.25, -0.2) is 19.4 Å². The van der Waals surface area contributed by atoms with Gasteiger partial charge in [-0.2, -0.15) is 18.2 Å². The van der Waals surface area contributed by atoms with Crippen LogP contribution in [0, 0.1) is 11.8 Å². The second-order valence-electron chi connectivity index (χ2n) is 19.4. The number of carboxylic acids is 2. The zero-order valence-corrected chi connectivity index (χ0v) is 40.5. The van der Waals surface area contributed by atoms with Gasteiger partial charge in [0.15, 0.2) is 6.61 Å². The number of halogens is 3. The van der Waals surface area contributed by atoms with Crippen molar-refractivity contribution in [3.05, 3.63) is 52.9 Å². The Hall–Kier alpha value is -6.88. The minimum Gasteiger partial charge on any atom is -0.488 e. The van der Waals surface area contributed by atoms with Crippen LogP contribution in [0.25, 0.3) is 22.8 Å². The van der Waals surface area contributed by atoms with Crippen LogP contribution in [-0.4, -0.2) is 110 Å². The first-order chi connectivity index (χ1) is 34.6. The van der Waals surface area contributed by atoms with Gasteiger partial charge in [0.2, 0.25) is 17.3 Å². The summed E-state index contributed by atoms with van der Waals surface area (Å²) in [6.45, 7) is -0.295. The highest BCUT2D eigenvalue weighted by Crippen LogP contribution is 2.46. The Morgan fingerprint density at radius 2 is 1.44 bits per heavy atom. The third-order valence-electron chi connectivity index (χ3n) is 13.8. The number of aliphatic carboxylic acids is 2. The number of rotatable bonds is 21. The minimum atomic E-state index is -4.44. The number of pyridine rings is 2. The number of nitrogens with one attached hydrogen (secondary N) is 1. The number of alkyl halides is 3. The van der Waals surface area contributed by atoms with E-state index in [0.717, 1.165) is 73.3 Å². The van der Waals surface area contributed by atoms with Crippen molar-refractivity contribution in [3.63, 3.8) is 0 Å². The summed E-state index contributed by atoms with van der Waals surface area (Å²) < 4.78 is 67.8. The number of nitrogens with zero attached hydrogens (tertiary/aromatic N) is 11. The molecule has 24 heteroatoms. The maximum Gasteiger partial charge on any atom is 0.409 e. The van der Waals surface area contributed by atoms with Gasteiger partial charge in [0.1, 0.15) is 36.5 Å². The lowest BCUT2D eigenvalue weighted by Gasteiger charge is -2.28. The second kappa shape index (κ2) is 21.5. The molecule has 0 saturated heterocycles. The fourth-order valence-corrected chi connectivity index (χ4v) is 9.53. The van der Waals surface area contributed by atoms with Crippen LogP contribution in [0.1, 0.15) is 130 Å². The molecular formula is C48H60F3N12O9+. The first-order valence-corrected chi connectivity index (χ1v) is 24.7. The summed E-state index contributed by atoms with van der Waals surface area (Å²) >= 11 is 0. The van der Waals surface area contributed by atoms with E-state index in [1.54, 1.807) is 34.2 Å². The third kappa shape index (κ3) is 12.2. The highest BCUT2D eigenvalue weighted by Gasteiger charge is 2.37. The van der Waals surface area contributed by atoms with Crippen molar-refractivity contribution >= 4 is 24.0 Å². The smallest absolute Gasteiger partial charge is 0.409 e. The van der Waals surface area contributed by atoms with Crippen molar-refractivity contribution in [2.45, 2.75) is 146 Å². The Kier molecular flexibility index (Phi) is 14.9. The van der Waals surface area contributed by atoms with Crippen LogP contribution in [-0.2, 0) is 54.5 Å². The Balaban J connectivity index is 0.876. The van der Waals surface area contributed by atoms with Crippen molar-refractivity contribution in [1.29, 1.82) is 0 Å². The van der Waals surface area contributed by atoms with Crippen LogP contribution >= 0.6 is 0 Å². The number of amides is 1. The molecule has 72 heavy (non-hydrogen) atoms. The van der Waals surface area contributed by atoms with Crippen molar-refractivity contribution in [2.24, 2.45) is 25.9 Å². The standard InChI is InChI=1S/C48H59F3N12O9/c1-60(22-20-48(49,50)51)47(68)69-26-36-43(34-17-19-38(41(54-34)28-14-15-28)71-32-10-5-8-30(24-32)45(66)67)63(59-62(36)3)21-6-11-39-55-46(57-72-39)52-25-35-42(56-58-61(35)2)33-16-18-37(40(53-33)27-12-13-27)70-31-9-4-7-29(23-31)44(64)65/h16-19,27-32H,4-15,20-26H2,1-3H3,(H2-,52,57,64,65,66,67)/p+1/t29-,30-,31-,32-/m0/s1. The Morgan fingerprint density at radius 1 is 0.833 bits per heavy atom. The fourth-order valence-electron chi connectivity index (χ4n) is 9.53. The van der Waals surface area contributed by atoms with Crippen LogP contribution in [0.5, 0.6) is 11.5 Å². The van der Waals surface area contributed by atoms with Crippen LogP contribution in [0.4, 0.5) is 23.9 Å². The van der Waals surface area contributed by atoms with Gasteiger partial charge in [0.05, 0.1) is 65.0 Å².